The lowest BCUT2D eigenvalue weighted by atomic mass is 9.98. The van der Waals surface area contributed by atoms with Crippen molar-refractivity contribution in [3.8, 4) is 11.8 Å². The van der Waals surface area contributed by atoms with Gasteiger partial charge in [-0.15, -0.1) is 11.3 Å². The van der Waals surface area contributed by atoms with Gasteiger partial charge in [0.05, 0.1) is 17.2 Å². The summed E-state index contributed by atoms with van der Waals surface area (Å²) in [5, 5.41) is 22.2. The Morgan fingerprint density at radius 1 is 1.19 bits per heavy atom. The van der Waals surface area contributed by atoms with Gasteiger partial charge < -0.3 is 9.84 Å². The molecule has 3 aromatic rings. The third kappa shape index (κ3) is 3.17. The van der Waals surface area contributed by atoms with Crippen LogP contribution in [0.25, 0.3) is 5.76 Å². The summed E-state index contributed by atoms with van der Waals surface area (Å²) >= 11 is 1.40. The average Bonchev–Trinajstić information content (AvgIpc) is 3.51. The number of thiophene rings is 1. The van der Waals surface area contributed by atoms with Crippen molar-refractivity contribution in [2.24, 2.45) is 0 Å². The van der Waals surface area contributed by atoms with Gasteiger partial charge in [0, 0.05) is 22.5 Å². The maximum absolute atomic E-state index is 13.1. The van der Waals surface area contributed by atoms with Crippen LogP contribution < -0.4 is 9.64 Å². The van der Waals surface area contributed by atoms with Crippen LogP contribution in [-0.4, -0.2) is 22.9 Å². The van der Waals surface area contributed by atoms with Crippen molar-refractivity contribution in [3.05, 3.63) is 87.1 Å². The van der Waals surface area contributed by atoms with E-state index in [4.69, 9.17) is 10.00 Å². The van der Waals surface area contributed by atoms with Crippen molar-refractivity contribution in [1.82, 2.24) is 0 Å². The lowest BCUT2D eigenvalue weighted by Gasteiger charge is -2.24. The van der Waals surface area contributed by atoms with Crippen LogP contribution in [0.1, 0.15) is 34.5 Å². The smallest absolute Gasteiger partial charge is 0.300 e. The molecule has 0 radical (unpaired) electrons. The summed E-state index contributed by atoms with van der Waals surface area (Å²) < 4.78 is 5.73. The second-order valence-corrected chi connectivity index (χ2v) is 8.78. The molecule has 0 bridgehead atoms. The Morgan fingerprint density at radius 3 is 2.66 bits per heavy atom. The molecule has 3 heterocycles. The van der Waals surface area contributed by atoms with Crippen molar-refractivity contribution in [3.63, 3.8) is 0 Å². The number of hydrogen-bond acceptors (Lipinski definition) is 6. The molecular weight excluding hydrogens is 424 g/mol. The molecule has 6 nitrogen and oxygen atoms in total. The van der Waals surface area contributed by atoms with E-state index in [1.807, 2.05) is 36.6 Å². The number of hydrogen-bond donors (Lipinski definition) is 1. The zero-order chi connectivity index (χ0) is 22.4. The Morgan fingerprint density at radius 2 is 1.97 bits per heavy atom. The molecule has 0 saturated carbocycles. The third-order valence-corrected chi connectivity index (χ3v) is 6.63. The first-order valence-corrected chi connectivity index (χ1v) is 11.0. The molecule has 1 saturated heterocycles. The molecule has 2 atom stereocenters. The summed E-state index contributed by atoms with van der Waals surface area (Å²) in [7, 11) is 0. The van der Waals surface area contributed by atoms with E-state index in [9.17, 15) is 14.7 Å². The van der Waals surface area contributed by atoms with Gasteiger partial charge in [-0.2, -0.15) is 5.26 Å². The molecule has 158 valence electrons. The van der Waals surface area contributed by atoms with Gasteiger partial charge in [-0.05, 0) is 66.4 Å². The van der Waals surface area contributed by atoms with Crippen molar-refractivity contribution in [2.75, 3.05) is 4.90 Å². The Hall–Kier alpha value is -3.89. The highest BCUT2D eigenvalue weighted by atomic mass is 32.1. The van der Waals surface area contributed by atoms with E-state index >= 15 is 0 Å². The van der Waals surface area contributed by atoms with Crippen LogP contribution >= 0.6 is 11.3 Å². The number of ether oxygens (including phenoxy) is 1. The first-order valence-electron chi connectivity index (χ1n) is 10.1. The molecule has 1 N–H and O–H groups in total. The van der Waals surface area contributed by atoms with Crippen LogP contribution in [0.2, 0.25) is 0 Å². The second-order valence-electron chi connectivity index (χ2n) is 7.80. The lowest BCUT2D eigenvalue weighted by Crippen LogP contribution is -2.29. The quantitative estimate of drug-likeness (QED) is 0.365. The first-order chi connectivity index (χ1) is 15.5. The zero-order valence-corrected chi connectivity index (χ0v) is 17.9. The molecule has 0 spiro atoms. The zero-order valence-electron chi connectivity index (χ0n) is 17.1. The minimum absolute atomic E-state index is 0.0497. The van der Waals surface area contributed by atoms with Crippen LogP contribution in [-0.2, 0) is 16.0 Å². The Bertz CT molecular complexity index is 1300. The number of amides is 1. The van der Waals surface area contributed by atoms with E-state index in [0.29, 0.717) is 23.2 Å². The molecule has 32 heavy (non-hydrogen) atoms. The van der Waals surface area contributed by atoms with Gasteiger partial charge in [0.15, 0.2) is 0 Å². The molecule has 2 aliphatic heterocycles. The first kappa shape index (κ1) is 20.0. The predicted molar refractivity (Wildman–Crippen MR) is 120 cm³/mol. The van der Waals surface area contributed by atoms with Gasteiger partial charge in [-0.25, -0.2) is 0 Å². The number of carbonyl (C=O) groups excluding carboxylic acids is 2. The summed E-state index contributed by atoms with van der Waals surface area (Å²) in [4.78, 5) is 28.4. The number of carbonyl (C=O) groups is 2. The van der Waals surface area contributed by atoms with E-state index in [1.54, 1.807) is 36.4 Å². The number of benzene rings is 2. The van der Waals surface area contributed by atoms with Crippen LogP contribution in [0, 0.1) is 11.3 Å². The Balaban J connectivity index is 1.65. The molecular formula is C25H18N2O4S. The number of rotatable bonds is 3. The average molecular weight is 442 g/mol. The third-order valence-electron chi connectivity index (χ3n) is 5.70. The Kier molecular flexibility index (Phi) is 4.80. The summed E-state index contributed by atoms with van der Waals surface area (Å²) in [6.45, 7) is 1.97. The molecule has 7 heteroatoms. The summed E-state index contributed by atoms with van der Waals surface area (Å²) in [6.07, 6.45) is 0.764. The van der Waals surface area contributed by atoms with E-state index in [-0.39, 0.29) is 17.4 Å². The van der Waals surface area contributed by atoms with Gasteiger partial charge in [-0.3, -0.25) is 14.5 Å². The molecule has 1 fully saturated rings. The van der Waals surface area contributed by atoms with E-state index in [0.717, 1.165) is 16.2 Å². The van der Waals surface area contributed by atoms with Crippen molar-refractivity contribution < 1.29 is 19.4 Å². The standard InChI is InChI=1S/C25H18N2O4S/c1-14-11-17-12-16(6-9-19(17)31-14)23(28)21-22(20-3-2-10-32-20)27(25(30)24(21)29)18-7-4-15(13-26)5-8-18/h2-10,12,14,22,28H,11H2,1H3/b23-21-. The number of aliphatic hydroxyl groups is 1. The van der Waals surface area contributed by atoms with Gasteiger partial charge >= 0.3 is 0 Å². The normalized spacial score (nSPS) is 21.3. The summed E-state index contributed by atoms with van der Waals surface area (Å²) in [5.74, 6) is -0.898. The molecule has 2 aromatic carbocycles. The van der Waals surface area contributed by atoms with Gasteiger partial charge in [0.25, 0.3) is 11.7 Å². The number of Topliss-reactive ketones (excluding diaryl/α,β-unsaturated/α-hetero) is 1. The largest absolute Gasteiger partial charge is 0.507 e. The number of nitriles is 1. The van der Waals surface area contributed by atoms with E-state index in [1.165, 1.54) is 16.2 Å². The molecule has 0 aliphatic carbocycles. The number of nitrogens with zero attached hydrogens (tertiary/aromatic N) is 2. The minimum Gasteiger partial charge on any atom is -0.507 e. The highest BCUT2D eigenvalue weighted by molar-refractivity contribution is 7.10. The number of aliphatic hydroxyl groups excluding tert-OH is 1. The Labute approximate surface area is 188 Å². The monoisotopic (exact) mass is 442 g/mol. The fourth-order valence-electron chi connectivity index (χ4n) is 4.24. The van der Waals surface area contributed by atoms with E-state index in [2.05, 4.69) is 0 Å². The second kappa shape index (κ2) is 7.66. The molecule has 2 unspecified atom stereocenters. The maximum Gasteiger partial charge on any atom is 0.300 e. The van der Waals surface area contributed by atoms with Gasteiger partial charge in [0.2, 0.25) is 0 Å². The molecule has 2 aliphatic rings. The molecule has 1 aromatic heterocycles. The highest BCUT2D eigenvalue weighted by Gasteiger charge is 2.47. The van der Waals surface area contributed by atoms with Crippen LogP contribution in [0.5, 0.6) is 5.75 Å². The van der Waals surface area contributed by atoms with Crippen molar-refractivity contribution >= 4 is 34.5 Å². The summed E-state index contributed by atoms with van der Waals surface area (Å²) in [6, 6.07) is 16.7. The SMILES string of the molecule is CC1Cc2cc(/C(O)=C3/C(=O)C(=O)N(c4ccc(C#N)cc4)C3c3cccs3)ccc2O1. The van der Waals surface area contributed by atoms with E-state index < -0.39 is 17.7 Å². The fourth-order valence-corrected chi connectivity index (χ4v) is 5.06. The predicted octanol–water partition coefficient (Wildman–Crippen LogP) is 4.57. The van der Waals surface area contributed by atoms with Crippen LogP contribution in [0.15, 0.2) is 65.6 Å². The van der Waals surface area contributed by atoms with Crippen molar-refractivity contribution in [2.45, 2.75) is 25.5 Å². The maximum atomic E-state index is 13.1. The number of anilines is 1. The van der Waals surface area contributed by atoms with Crippen molar-refractivity contribution in [1.29, 1.82) is 5.26 Å². The van der Waals surface area contributed by atoms with Gasteiger partial charge in [-0.1, -0.05) is 6.07 Å². The van der Waals surface area contributed by atoms with Gasteiger partial charge in [0.1, 0.15) is 23.7 Å². The number of ketones is 1. The van der Waals surface area contributed by atoms with Crippen LogP contribution in [0.4, 0.5) is 5.69 Å². The highest BCUT2D eigenvalue weighted by Crippen LogP contribution is 2.44. The molecule has 5 rings (SSSR count). The number of fused-ring (bicyclic) bond motifs is 1. The minimum atomic E-state index is -0.758. The fraction of sp³-hybridized carbons (Fsp3) is 0.160. The topological polar surface area (TPSA) is 90.6 Å². The molecule has 1 amide bonds. The van der Waals surface area contributed by atoms with Crippen LogP contribution in [0.3, 0.4) is 0 Å². The summed E-state index contributed by atoms with van der Waals surface area (Å²) in [5.41, 5.74) is 2.41. The lowest BCUT2D eigenvalue weighted by molar-refractivity contribution is -0.132.